The number of nitrogens with zero attached hydrogens (tertiary/aromatic N) is 2. The average Bonchev–Trinajstić information content (AvgIpc) is 2.72. The van der Waals surface area contributed by atoms with Gasteiger partial charge in [0, 0.05) is 5.75 Å². The van der Waals surface area contributed by atoms with Gasteiger partial charge >= 0.3 is 0 Å². The van der Waals surface area contributed by atoms with Crippen molar-refractivity contribution < 1.29 is 4.74 Å². The number of allylic oxidation sites excluding steroid dienone is 1. The highest BCUT2D eigenvalue weighted by Crippen LogP contribution is 2.39. The molecule has 0 amide bonds. The van der Waals surface area contributed by atoms with Crippen LogP contribution in [0.2, 0.25) is 0 Å². The lowest BCUT2D eigenvalue weighted by Crippen LogP contribution is -2.29. The summed E-state index contributed by atoms with van der Waals surface area (Å²) in [5, 5.41) is 10.0. The topological polar surface area (TPSA) is 105 Å². The minimum Gasteiger partial charge on any atom is -0.422 e. The summed E-state index contributed by atoms with van der Waals surface area (Å²) in [5.74, 6) is 0.157. The van der Waals surface area contributed by atoms with E-state index in [0.717, 1.165) is 11.1 Å². The second kappa shape index (κ2) is 7.62. The standard InChI is InChI=1S/C21H16N4O2S/c22-11-15-16(14-9-5-2-6-10-14)17-19(26)24-21(25-20(17)27-18(15)23)28-12-13-7-3-1-4-8-13/h1-10,16H,12,23H2,(H,24,25,26)/t16-/m1/s1. The van der Waals surface area contributed by atoms with Gasteiger partial charge in [0.1, 0.15) is 11.6 Å². The quantitative estimate of drug-likeness (QED) is 0.525. The van der Waals surface area contributed by atoms with E-state index in [2.05, 4.69) is 16.0 Å². The molecule has 0 saturated heterocycles. The van der Waals surface area contributed by atoms with Gasteiger partial charge in [-0.25, -0.2) is 0 Å². The number of ether oxygens (including phenoxy) is 1. The lowest BCUT2D eigenvalue weighted by molar-refractivity contribution is 0.370. The molecular formula is C21H16N4O2S. The highest BCUT2D eigenvalue weighted by atomic mass is 32.2. The maximum Gasteiger partial charge on any atom is 0.259 e. The van der Waals surface area contributed by atoms with Gasteiger partial charge in [0.2, 0.25) is 11.8 Å². The van der Waals surface area contributed by atoms with Crippen molar-refractivity contribution in [2.45, 2.75) is 16.8 Å². The summed E-state index contributed by atoms with van der Waals surface area (Å²) in [5.41, 5.74) is 8.03. The van der Waals surface area contributed by atoms with E-state index < -0.39 is 5.92 Å². The molecule has 0 unspecified atom stereocenters. The Hall–Kier alpha value is -3.50. The van der Waals surface area contributed by atoms with Crippen LogP contribution in [0.1, 0.15) is 22.6 Å². The summed E-state index contributed by atoms with van der Waals surface area (Å²) in [7, 11) is 0. The lowest BCUT2D eigenvalue weighted by Gasteiger charge is -2.24. The lowest BCUT2D eigenvalue weighted by atomic mass is 9.85. The van der Waals surface area contributed by atoms with Crippen molar-refractivity contribution in [2.75, 3.05) is 0 Å². The first-order chi connectivity index (χ1) is 13.7. The number of aromatic amines is 1. The van der Waals surface area contributed by atoms with E-state index in [9.17, 15) is 10.1 Å². The van der Waals surface area contributed by atoms with E-state index in [1.165, 1.54) is 11.8 Å². The van der Waals surface area contributed by atoms with Crippen LogP contribution in [0.15, 0.2) is 82.1 Å². The SMILES string of the molecule is N#CC1=C(N)Oc2nc(SCc3ccccc3)[nH]c(=O)c2[C@@H]1c1ccccc1. The molecule has 1 atom stereocenters. The van der Waals surface area contributed by atoms with Gasteiger partial charge in [-0.15, -0.1) is 0 Å². The van der Waals surface area contributed by atoms with Crippen molar-refractivity contribution in [2.24, 2.45) is 5.73 Å². The number of hydrogen-bond acceptors (Lipinski definition) is 6. The predicted octanol–water partition coefficient (Wildman–Crippen LogP) is 3.28. The van der Waals surface area contributed by atoms with E-state index in [1.54, 1.807) is 0 Å². The summed E-state index contributed by atoms with van der Waals surface area (Å²) in [6, 6.07) is 21.2. The Morgan fingerprint density at radius 3 is 2.50 bits per heavy atom. The molecule has 3 N–H and O–H groups in total. The van der Waals surface area contributed by atoms with Crippen LogP contribution in [0.4, 0.5) is 0 Å². The van der Waals surface area contributed by atoms with Gasteiger partial charge in [0.15, 0.2) is 5.16 Å². The summed E-state index contributed by atoms with van der Waals surface area (Å²) in [6.07, 6.45) is 0. The number of nitrogens with one attached hydrogen (secondary N) is 1. The summed E-state index contributed by atoms with van der Waals surface area (Å²) in [4.78, 5) is 20.1. The molecule has 3 aromatic rings. The molecule has 2 aromatic carbocycles. The number of nitriles is 1. The molecule has 0 radical (unpaired) electrons. The molecule has 0 saturated carbocycles. The van der Waals surface area contributed by atoms with Crippen LogP contribution in [0.3, 0.4) is 0 Å². The van der Waals surface area contributed by atoms with Crippen LogP contribution in [0.5, 0.6) is 5.88 Å². The zero-order valence-corrected chi connectivity index (χ0v) is 15.6. The molecular weight excluding hydrogens is 372 g/mol. The highest BCUT2D eigenvalue weighted by molar-refractivity contribution is 7.98. The Balaban J connectivity index is 1.74. The van der Waals surface area contributed by atoms with Crippen LogP contribution in [-0.4, -0.2) is 9.97 Å². The molecule has 138 valence electrons. The molecule has 4 rings (SSSR count). The Morgan fingerprint density at radius 1 is 1.14 bits per heavy atom. The molecule has 0 aliphatic carbocycles. The number of aromatic nitrogens is 2. The Kier molecular flexibility index (Phi) is 4.87. The van der Waals surface area contributed by atoms with Gasteiger partial charge in [0.25, 0.3) is 5.56 Å². The number of rotatable bonds is 4. The molecule has 6 nitrogen and oxygen atoms in total. The third-order valence-corrected chi connectivity index (χ3v) is 5.36. The Morgan fingerprint density at radius 2 is 1.82 bits per heavy atom. The average molecular weight is 388 g/mol. The number of thioether (sulfide) groups is 1. The highest BCUT2D eigenvalue weighted by Gasteiger charge is 2.34. The summed E-state index contributed by atoms with van der Waals surface area (Å²) < 4.78 is 5.55. The van der Waals surface area contributed by atoms with Crippen molar-refractivity contribution in [1.82, 2.24) is 9.97 Å². The number of hydrogen-bond donors (Lipinski definition) is 2. The monoisotopic (exact) mass is 388 g/mol. The van der Waals surface area contributed by atoms with Crippen LogP contribution in [0.25, 0.3) is 0 Å². The molecule has 7 heteroatoms. The van der Waals surface area contributed by atoms with E-state index in [1.807, 2.05) is 60.7 Å². The molecule has 0 fully saturated rings. The normalized spacial score (nSPS) is 15.5. The third kappa shape index (κ3) is 3.38. The van der Waals surface area contributed by atoms with Crippen LogP contribution >= 0.6 is 11.8 Å². The first-order valence-electron chi connectivity index (χ1n) is 8.61. The number of fused-ring (bicyclic) bond motifs is 1. The van der Waals surface area contributed by atoms with E-state index in [-0.39, 0.29) is 22.9 Å². The molecule has 1 aromatic heterocycles. The van der Waals surface area contributed by atoms with Crippen molar-refractivity contribution >= 4 is 11.8 Å². The van der Waals surface area contributed by atoms with Crippen LogP contribution < -0.4 is 16.0 Å². The minimum absolute atomic E-state index is 0.0269. The van der Waals surface area contributed by atoms with E-state index in [4.69, 9.17) is 10.5 Å². The minimum atomic E-state index is -0.612. The predicted molar refractivity (Wildman–Crippen MR) is 107 cm³/mol. The van der Waals surface area contributed by atoms with Gasteiger partial charge in [-0.2, -0.15) is 10.2 Å². The Bertz CT molecular complexity index is 1130. The second-order valence-corrected chi connectivity index (χ2v) is 7.16. The largest absolute Gasteiger partial charge is 0.422 e. The molecule has 1 aliphatic heterocycles. The van der Waals surface area contributed by atoms with Gasteiger partial charge in [-0.3, -0.25) is 4.79 Å². The van der Waals surface area contributed by atoms with Gasteiger partial charge < -0.3 is 15.5 Å². The number of H-pyrrole nitrogens is 1. The fraction of sp³-hybridized carbons (Fsp3) is 0.0952. The fourth-order valence-electron chi connectivity index (χ4n) is 3.11. The molecule has 2 heterocycles. The number of benzene rings is 2. The van der Waals surface area contributed by atoms with Gasteiger partial charge in [-0.05, 0) is 11.1 Å². The summed E-state index contributed by atoms with van der Waals surface area (Å²) >= 11 is 1.40. The van der Waals surface area contributed by atoms with Gasteiger partial charge in [0.05, 0.1) is 11.5 Å². The fourth-order valence-corrected chi connectivity index (χ4v) is 3.92. The first kappa shape index (κ1) is 17.9. The van der Waals surface area contributed by atoms with E-state index >= 15 is 0 Å². The maximum absolute atomic E-state index is 12.9. The maximum atomic E-state index is 12.9. The van der Waals surface area contributed by atoms with Crippen molar-refractivity contribution in [3.63, 3.8) is 0 Å². The van der Waals surface area contributed by atoms with Crippen LogP contribution in [-0.2, 0) is 5.75 Å². The van der Waals surface area contributed by atoms with Crippen molar-refractivity contribution in [3.05, 3.63) is 99.2 Å². The van der Waals surface area contributed by atoms with E-state index in [0.29, 0.717) is 16.5 Å². The first-order valence-corrected chi connectivity index (χ1v) is 9.59. The second-order valence-electron chi connectivity index (χ2n) is 6.20. The zero-order valence-electron chi connectivity index (χ0n) is 14.8. The smallest absolute Gasteiger partial charge is 0.259 e. The number of nitrogens with two attached hydrogens (primary N) is 1. The third-order valence-electron chi connectivity index (χ3n) is 4.42. The van der Waals surface area contributed by atoms with Crippen molar-refractivity contribution in [3.8, 4) is 11.9 Å². The van der Waals surface area contributed by atoms with Gasteiger partial charge in [-0.1, -0.05) is 72.4 Å². The molecule has 0 bridgehead atoms. The molecule has 0 spiro atoms. The molecule has 1 aliphatic rings. The zero-order chi connectivity index (χ0) is 19.5. The summed E-state index contributed by atoms with van der Waals surface area (Å²) in [6.45, 7) is 0. The Labute approximate surface area is 165 Å². The molecule has 28 heavy (non-hydrogen) atoms. The van der Waals surface area contributed by atoms with Crippen molar-refractivity contribution in [1.29, 1.82) is 5.26 Å². The van der Waals surface area contributed by atoms with Crippen LogP contribution in [0, 0.1) is 11.3 Å².